The molecule has 2 aromatic rings. The minimum absolute atomic E-state index is 0.0337. The van der Waals surface area contributed by atoms with Crippen LogP contribution in [0, 0.1) is 17.3 Å². The Hall–Kier alpha value is -1.86. The fourth-order valence-corrected chi connectivity index (χ4v) is 7.97. The summed E-state index contributed by atoms with van der Waals surface area (Å²) in [5.41, 5.74) is -0.230. The standard InChI is InChI=1S/C25H34O2Si/c1-24(2,3)23(26)19-13-14-20-27-28(25(4,5)6,21-15-9-7-10-16-21)22-17-11-8-12-18-22/h7-12,15-18,23,26H,14,20H2,1-6H3. The van der Waals surface area contributed by atoms with Gasteiger partial charge in [-0.3, -0.25) is 0 Å². The lowest BCUT2D eigenvalue weighted by atomic mass is 9.89. The molecule has 1 atom stereocenters. The molecule has 0 fully saturated rings. The van der Waals surface area contributed by atoms with Crippen molar-refractivity contribution >= 4 is 18.7 Å². The van der Waals surface area contributed by atoms with E-state index in [2.05, 4.69) is 93.3 Å². The topological polar surface area (TPSA) is 29.5 Å². The fourth-order valence-electron chi connectivity index (χ4n) is 3.40. The zero-order valence-corrected chi connectivity index (χ0v) is 19.1. The summed E-state index contributed by atoms with van der Waals surface area (Å²) in [5, 5.41) is 12.6. The van der Waals surface area contributed by atoms with Gasteiger partial charge in [-0.25, -0.2) is 0 Å². The molecule has 0 aliphatic rings. The van der Waals surface area contributed by atoms with Gasteiger partial charge in [-0.1, -0.05) is 114 Å². The van der Waals surface area contributed by atoms with Gasteiger partial charge in [-0.05, 0) is 20.8 Å². The molecule has 0 heterocycles. The Kier molecular flexibility index (Phi) is 7.28. The van der Waals surface area contributed by atoms with Crippen LogP contribution in [0.4, 0.5) is 0 Å². The maximum atomic E-state index is 10.1. The van der Waals surface area contributed by atoms with Crippen molar-refractivity contribution in [1.29, 1.82) is 0 Å². The van der Waals surface area contributed by atoms with E-state index in [1.165, 1.54) is 10.4 Å². The number of hydrogen-bond acceptors (Lipinski definition) is 2. The minimum atomic E-state index is -2.49. The van der Waals surface area contributed by atoms with Crippen molar-refractivity contribution in [3.8, 4) is 11.8 Å². The summed E-state index contributed by atoms with van der Waals surface area (Å²) in [6.45, 7) is 13.3. The Morgan fingerprint density at radius 2 is 1.32 bits per heavy atom. The lowest BCUT2D eigenvalue weighted by Gasteiger charge is -2.43. The highest BCUT2D eigenvalue weighted by Crippen LogP contribution is 2.36. The Morgan fingerprint density at radius 3 is 1.71 bits per heavy atom. The zero-order valence-electron chi connectivity index (χ0n) is 18.1. The summed E-state index contributed by atoms with van der Waals surface area (Å²) in [6, 6.07) is 21.2. The van der Waals surface area contributed by atoms with Crippen LogP contribution in [0.15, 0.2) is 60.7 Å². The van der Waals surface area contributed by atoms with Crippen LogP contribution in [0.1, 0.15) is 48.0 Å². The molecule has 150 valence electrons. The van der Waals surface area contributed by atoms with Gasteiger partial charge >= 0.3 is 0 Å². The van der Waals surface area contributed by atoms with E-state index < -0.39 is 14.4 Å². The molecule has 0 saturated carbocycles. The second kappa shape index (κ2) is 9.09. The van der Waals surface area contributed by atoms with Crippen LogP contribution < -0.4 is 10.4 Å². The zero-order chi connectivity index (χ0) is 20.8. The summed E-state index contributed by atoms with van der Waals surface area (Å²) >= 11 is 0. The van der Waals surface area contributed by atoms with Crippen LogP contribution in [-0.2, 0) is 4.43 Å². The number of hydrogen-bond donors (Lipinski definition) is 1. The molecular formula is C25H34O2Si. The largest absolute Gasteiger partial charge is 0.406 e. The summed E-state index contributed by atoms with van der Waals surface area (Å²) in [7, 11) is -2.49. The second-order valence-corrected chi connectivity index (χ2v) is 13.7. The van der Waals surface area contributed by atoms with Gasteiger partial charge in [-0.15, -0.1) is 0 Å². The van der Waals surface area contributed by atoms with Gasteiger partial charge in [0.05, 0.1) is 0 Å². The van der Waals surface area contributed by atoms with Gasteiger partial charge in [0.1, 0.15) is 6.10 Å². The molecule has 2 rings (SSSR count). The molecule has 0 spiro atoms. The van der Waals surface area contributed by atoms with Gasteiger partial charge in [-0.2, -0.15) is 0 Å². The molecule has 3 heteroatoms. The third-order valence-electron chi connectivity index (χ3n) is 5.02. The smallest absolute Gasteiger partial charge is 0.261 e. The molecule has 0 bridgehead atoms. The Balaban J connectivity index is 2.34. The third-order valence-corrected chi connectivity index (χ3v) is 10.1. The molecule has 0 amide bonds. The van der Waals surface area contributed by atoms with Gasteiger partial charge in [0.25, 0.3) is 8.32 Å². The molecule has 0 saturated heterocycles. The van der Waals surface area contributed by atoms with E-state index in [1.54, 1.807) is 0 Å². The predicted molar refractivity (Wildman–Crippen MR) is 121 cm³/mol. The fraction of sp³-hybridized carbons (Fsp3) is 0.440. The van der Waals surface area contributed by atoms with Gasteiger partial charge < -0.3 is 9.53 Å². The Morgan fingerprint density at radius 1 is 0.857 bits per heavy atom. The summed E-state index contributed by atoms with van der Waals surface area (Å²) in [5.74, 6) is 6.08. The molecule has 2 aromatic carbocycles. The highest BCUT2D eigenvalue weighted by molar-refractivity contribution is 6.99. The lowest BCUT2D eigenvalue weighted by Crippen LogP contribution is -2.66. The number of benzene rings is 2. The van der Waals surface area contributed by atoms with Crippen molar-refractivity contribution in [3.63, 3.8) is 0 Å². The molecule has 0 aliphatic carbocycles. The van der Waals surface area contributed by atoms with Crippen LogP contribution in [0.2, 0.25) is 5.04 Å². The summed E-state index contributed by atoms with van der Waals surface area (Å²) < 4.78 is 6.79. The second-order valence-electron chi connectivity index (χ2n) is 9.35. The van der Waals surface area contributed by atoms with E-state index in [1.807, 2.05) is 20.8 Å². The average molecular weight is 395 g/mol. The van der Waals surface area contributed by atoms with Crippen LogP contribution >= 0.6 is 0 Å². The van der Waals surface area contributed by atoms with Crippen molar-refractivity contribution in [2.24, 2.45) is 5.41 Å². The van der Waals surface area contributed by atoms with Gasteiger partial charge in [0.15, 0.2) is 0 Å². The minimum Gasteiger partial charge on any atom is -0.406 e. The number of aliphatic hydroxyl groups excluding tert-OH is 1. The maximum Gasteiger partial charge on any atom is 0.261 e. The SMILES string of the molecule is CC(C)(C)C(O)C#CCCO[Si](c1ccccc1)(c1ccccc1)C(C)(C)C. The molecule has 2 nitrogen and oxygen atoms in total. The molecule has 0 aliphatic heterocycles. The van der Waals surface area contributed by atoms with Crippen LogP contribution in [0.25, 0.3) is 0 Å². The van der Waals surface area contributed by atoms with E-state index in [4.69, 9.17) is 4.43 Å². The van der Waals surface area contributed by atoms with Crippen molar-refractivity contribution in [3.05, 3.63) is 60.7 Å². The first kappa shape index (κ1) is 22.4. The summed E-state index contributed by atoms with van der Waals surface area (Å²) in [4.78, 5) is 0. The molecule has 1 N–H and O–H groups in total. The first-order chi connectivity index (χ1) is 13.1. The third kappa shape index (κ3) is 5.14. The quantitative estimate of drug-likeness (QED) is 0.464. The van der Waals surface area contributed by atoms with Gasteiger partial charge in [0, 0.05) is 13.0 Å². The van der Waals surface area contributed by atoms with Gasteiger partial charge in [0.2, 0.25) is 0 Å². The Labute approximate surface area is 172 Å². The molecule has 1 unspecified atom stereocenters. The first-order valence-corrected chi connectivity index (χ1v) is 11.9. The average Bonchev–Trinajstić information content (AvgIpc) is 2.64. The first-order valence-electron chi connectivity index (χ1n) is 10.0. The summed E-state index contributed by atoms with van der Waals surface area (Å²) in [6.07, 6.45) is -0.0159. The molecule has 0 radical (unpaired) electrons. The normalized spacial score (nSPS) is 13.5. The number of rotatable bonds is 5. The van der Waals surface area contributed by atoms with Crippen LogP contribution in [-0.4, -0.2) is 26.1 Å². The molecular weight excluding hydrogens is 360 g/mol. The predicted octanol–water partition coefficient (Wildman–Crippen LogP) is 4.36. The van der Waals surface area contributed by atoms with Crippen molar-refractivity contribution in [2.75, 3.05) is 6.61 Å². The van der Waals surface area contributed by atoms with Crippen molar-refractivity contribution < 1.29 is 9.53 Å². The van der Waals surface area contributed by atoms with Crippen molar-refractivity contribution in [1.82, 2.24) is 0 Å². The van der Waals surface area contributed by atoms with Crippen molar-refractivity contribution in [2.45, 2.75) is 59.1 Å². The van der Waals surface area contributed by atoms with Crippen LogP contribution in [0.5, 0.6) is 0 Å². The van der Waals surface area contributed by atoms with E-state index in [0.29, 0.717) is 13.0 Å². The highest BCUT2D eigenvalue weighted by atomic mass is 28.4. The lowest BCUT2D eigenvalue weighted by molar-refractivity contribution is 0.114. The Bertz CT molecular complexity index is 750. The highest BCUT2D eigenvalue weighted by Gasteiger charge is 2.49. The molecule has 0 aromatic heterocycles. The van der Waals surface area contributed by atoms with E-state index in [-0.39, 0.29) is 10.5 Å². The van der Waals surface area contributed by atoms with Crippen LogP contribution in [0.3, 0.4) is 0 Å². The monoisotopic (exact) mass is 394 g/mol. The molecule has 28 heavy (non-hydrogen) atoms. The number of aliphatic hydroxyl groups is 1. The van der Waals surface area contributed by atoms with E-state index in [0.717, 1.165) is 0 Å². The van der Waals surface area contributed by atoms with E-state index >= 15 is 0 Å². The maximum absolute atomic E-state index is 10.1. The van der Waals surface area contributed by atoms with E-state index in [9.17, 15) is 5.11 Å².